The Morgan fingerprint density at radius 1 is 0.594 bits per heavy atom. The minimum atomic E-state index is -1.03. The lowest BCUT2D eigenvalue weighted by Gasteiger charge is -2.65. The molecule has 4 saturated carbocycles. The third-order valence-corrected chi connectivity index (χ3v) is 17.9. The van der Waals surface area contributed by atoms with E-state index in [1.807, 2.05) is 13.8 Å². The molecule has 7 N–H and O–H groups in total. The molecular formula is C47H74O17. The standard InChI is InChI=1S/C47H74O17/c1-21-41(54)31(48)16-38(57-21)62-43-23(3)59-40(18-33(43)50)64-44-24(4)60-39(19-34(44)51)63-42-22(2)58-37(17-32(42)49)61-27-9-11-45(5)26(14-27)7-8-29-30(45)15-35(52)46(6)28(10-12-47(29,46)55)25-13-36(53)56-20-25/h13,21-24,26-35,37-44,48-52,54-55H,7-12,14-20H2,1-6H3/t21-,22+,23+,24+,26+,27-,28+,29+,30-,31+,32+,33+,34+,35+,37-,38+,39-,40-,41-,42-,43-,44-,45-,46-,47-/m0/s1. The van der Waals surface area contributed by atoms with Gasteiger partial charge in [0.05, 0.1) is 66.6 Å². The first-order valence-electron chi connectivity index (χ1n) is 24.2. The van der Waals surface area contributed by atoms with Crippen molar-refractivity contribution >= 4 is 5.97 Å². The van der Waals surface area contributed by atoms with Crippen LogP contribution in [0.4, 0.5) is 0 Å². The van der Waals surface area contributed by atoms with Crippen molar-refractivity contribution in [1.29, 1.82) is 0 Å². The Hall–Kier alpha value is -1.39. The van der Waals surface area contributed by atoms with Crippen molar-refractivity contribution in [2.24, 2.45) is 34.5 Å². The van der Waals surface area contributed by atoms with Crippen molar-refractivity contribution in [2.45, 2.75) is 235 Å². The lowest BCUT2D eigenvalue weighted by atomic mass is 9.42. The minimum absolute atomic E-state index is 0.0536. The van der Waals surface area contributed by atoms with Gasteiger partial charge in [0.25, 0.3) is 0 Å². The summed E-state index contributed by atoms with van der Waals surface area (Å²) in [6.45, 7) is 11.6. The average Bonchev–Trinajstić information content (AvgIpc) is 3.78. The van der Waals surface area contributed by atoms with E-state index in [0.717, 1.165) is 44.1 Å². The molecule has 364 valence electrons. The molecule has 17 nitrogen and oxygen atoms in total. The van der Waals surface area contributed by atoms with Gasteiger partial charge in [-0.1, -0.05) is 13.8 Å². The summed E-state index contributed by atoms with van der Waals surface area (Å²) >= 11 is 0. The van der Waals surface area contributed by atoms with Gasteiger partial charge in [0.2, 0.25) is 0 Å². The number of aliphatic hydroxyl groups is 7. The Morgan fingerprint density at radius 2 is 1.11 bits per heavy atom. The lowest BCUT2D eigenvalue weighted by Crippen LogP contribution is -2.67. The number of hydrogen-bond acceptors (Lipinski definition) is 17. The molecule has 17 heteroatoms. The third-order valence-electron chi connectivity index (χ3n) is 17.9. The quantitative estimate of drug-likeness (QED) is 0.129. The predicted molar refractivity (Wildman–Crippen MR) is 222 cm³/mol. The summed E-state index contributed by atoms with van der Waals surface area (Å²) in [4.78, 5) is 12.0. The summed E-state index contributed by atoms with van der Waals surface area (Å²) in [7, 11) is 0. The summed E-state index contributed by atoms with van der Waals surface area (Å²) in [5, 5.41) is 78.4. The van der Waals surface area contributed by atoms with Gasteiger partial charge in [-0.2, -0.15) is 0 Å². The molecule has 0 aromatic heterocycles. The van der Waals surface area contributed by atoms with Crippen LogP contribution in [0.3, 0.4) is 0 Å². The van der Waals surface area contributed by atoms with Gasteiger partial charge in [0.15, 0.2) is 25.2 Å². The molecule has 8 fully saturated rings. The highest BCUT2D eigenvalue weighted by molar-refractivity contribution is 5.85. The fourth-order valence-corrected chi connectivity index (χ4v) is 14.2. The van der Waals surface area contributed by atoms with Crippen LogP contribution in [0.5, 0.6) is 0 Å². The highest BCUT2D eigenvalue weighted by Crippen LogP contribution is 2.70. The fourth-order valence-electron chi connectivity index (χ4n) is 14.2. The third kappa shape index (κ3) is 8.45. The van der Waals surface area contributed by atoms with Gasteiger partial charge < -0.3 is 78.4 Å². The second kappa shape index (κ2) is 18.2. The number of fused-ring (bicyclic) bond motifs is 5. The van der Waals surface area contributed by atoms with Gasteiger partial charge in [-0.3, -0.25) is 0 Å². The number of aliphatic hydroxyl groups excluding tert-OH is 6. The van der Waals surface area contributed by atoms with Crippen LogP contribution in [0.2, 0.25) is 0 Å². The van der Waals surface area contributed by atoms with Crippen LogP contribution >= 0.6 is 0 Å². The number of cyclic esters (lactones) is 1. The number of ether oxygens (including phenoxy) is 9. The van der Waals surface area contributed by atoms with Crippen LogP contribution in [0.15, 0.2) is 11.6 Å². The lowest BCUT2D eigenvalue weighted by molar-refractivity contribution is -0.344. The van der Waals surface area contributed by atoms with Crippen molar-refractivity contribution in [2.75, 3.05) is 6.61 Å². The summed E-state index contributed by atoms with van der Waals surface area (Å²) in [5.74, 6) is 0.144. The Kier molecular flexibility index (Phi) is 13.5. The van der Waals surface area contributed by atoms with Gasteiger partial charge in [0.1, 0.15) is 31.0 Å². The minimum Gasteiger partial charge on any atom is -0.458 e. The molecule has 5 aliphatic heterocycles. The Morgan fingerprint density at radius 3 is 1.61 bits per heavy atom. The van der Waals surface area contributed by atoms with Crippen LogP contribution < -0.4 is 0 Å². The Bertz CT molecular complexity index is 1650. The van der Waals surface area contributed by atoms with Gasteiger partial charge in [-0.05, 0) is 114 Å². The van der Waals surface area contributed by atoms with Crippen molar-refractivity contribution in [3.8, 4) is 0 Å². The van der Waals surface area contributed by atoms with Crippen LogP contribution in [0, 0.1) is 34.5 Å². The second-order valence-corrected chi connectivity index (χ2v) is 21.5. The molecular weight excluding hydrogens is 837 g/mol. The molecule has 64 heavy (non-hydrogen) atoms. The molecule has 25 atom stereocenters. The van der Waals surface area contributed by atoms with E-state index < -0.39 is 116 Å². The highest BCUT2D eigenvalue weighted by Gasteiger charge is 2.71. The summed E-state index contributed by atoms with van der Waals surface area (Å²) in [6, 6.07) is 0. The molecule has 0 aromatic rings. The zero-order valence-corrected chi connectivity index (χ0v) is 38.2. The number of hydrogen-bond donors (Lipinski definition) is 7. The monoisotopic (exact) mass is 910 g/mol. The van der Waals surface area contributed by atoms with Crippen LogP contribution in [-0.2, 0) is 47.4 Å². The van der Waals surface area contributed by atoms with Gasteiger partial charge in [-0.15, -0.1) is 0 Å². The van der Waals surface area contributed by atoms with E-state index in [9.17, 15) is 40.5 Å². The van der Waals surface area contributed by atoms with E-state index in [0.29, 0.717) is 18.8 Å². The Labute approximate surface area is 376 Å². The summed E-state index contributed by atoms with van der Waals surface area (Å²) < 4.78 is 54.5. The molecule has 9 rings (SSSR count). The van der Waals surface area contributed by atoms with Crippen molar-refractivity contribution in [3.63, 3.8) is 0 Å². The Balaban J connectivity index is 0.738. The predicted octanol–water partition coefficient (Wildman–Crippen LogP) is 2.10. The molecule has 0 aromatic carbocycles. The zero-order chi connectivity index (χ0) is 45.6. The average molecular weight is 911 g/mol. The van der Waals surface area contributed by atoms with Crippen molar-refractivity contribution in [1.82, 2.24) is 0 Å². The molecule has 0 spiro atoms. The number of carbonyl (C=O) groups excluding carboxylic acids is 1. The maximum Gasteiger partial charge on any atom is 0.331 e. The van der Waals surface area contributed by atoms with E-state index in [2.05, 4.69) is 6.92 Å². The molecule has 0 radical (unpaired) electrons. The van der Waals surface area contributed by atoms with Crippen molar-refractivity contribution < 1.29 is 83.2 Å². The maximum absolute atomic E-state index is 12.6. The maximum atomic E-state index is 12.6. The number of rotatable bonds is 9. The van der Waals surface area contributed by atoms with Gasteiger partial charge >= 0.3 is 5.97 Å². The largest absolute Gasteiger partial charge is 0.458 e. The van der Waals surface area contributed by atoms with Crippen LogP contribution in [0.1, 0.15) is 119 Å². The topological polar surface area (TPSA) is 242 Å². The normalized spacial score (nSPS) is 55.5. The van der Waals surface area contributed by atoms with Crippen molar-refractivity contribution in [3.05, 3.63) is 11.6 Å². The number of carbonyl (C=O) groups is 1. The fraction of sp³-hybridized carbons (Fsp3) is 0.936. The molecule has 4 aliphatic carbocycles. The SMILES string of the molecule is C[C@@H]1O[C@H](O[C@@H]2[C@H](O)C[C@H](O[C@@H]3[C@H](O)C[C@H](O[C@@H]4[C@H](O)C[C@H](O[C@H]5CC[C@@]6(C)[C@H](CC[C@@H]7[C@@H]6C[C@@H](O)[C@]6(C)[C@@H](C8=CC(=O)OC8)CC[C@]76O)C5)O[C@@H]4C)O[C@@H]3C)O[C@@H]2C)C[C@@H](O)[C@H]1O. The molecule has 4 saturated heterocycles. The van der Waals surface area contributed by atoms with E-state index in [1.54, 1.807) is 26.8 Å². The molecule has 5 heterocycles. The van der Waals surface area contributed by atoms with E-state index in [-0.39, 0.29) is 67.5 Å². The smallest absolute Gasteiger partial charge is 0.331 e. The molecule has 0 amide bonds. The molecule has 9 aliphatic rings. The van der Waals surface area contributed by atoms with Crippen LogP contribution in [-0.4, -0.2) is 165 Å². The first-order chi connectivity index (χ1) is 30.3. The first kappa shape index (κ1) is 47.7. The zero-order valence-electron chi connectivity index (χ0n) is 38.2. The summed E-state index contributed by atoms with van der Waals surface area (Å²) in [5.41, 5.74) is -0.941. The van der Waals surface area contributed by atoms with E-state index in [1.165, 1.54) is 0 Å². The van der Waals surface area contributed by atoms with E-state index >= 15 is 0 Å². The molecule has 0 unspecified atom stereocenters. The summed E-state index contributed by atoms with van der Waals surface area (Å²) in [6.07, 6.45) is -5.28. The van der Waals surface area contributed by atoms with Crippen LogP contribution in [0.25, 0.3) is 0 Å². The molecule has 0 bridgehead atoms. The van der Waals surface area contributed by atoms with Gasteiger partial charge in [0, 0.05) is 37.2 Å². The van der Waals surface area contributed by atoms with Gasteiger partial charge in [-0.25, -0.2) is 4.79 Å². The van der Waals surface area contributed by atoms with E-state index in [4.69, 9.17) is 42.6 Å². The number of esters is 1. The second-order valence-electron chi connectivity index (χ2n) is 21.5. The highest BCUT2D eigenvalue weighted by atomic mass is 16.8. The first-order valence-corrected chi connectivity index (χ1v) is 24.2.